The van der Waals surface area contributed by atoms with Gasteiger partial charge in [-0.1, -0.05) is 75.7 Å². The molecule has 1 aliphatic heterocycles. The molecule has 1 aliphatic rings. The molecule has 2 aromatic rings. The van der Waals surface area contributed by atoms with Crippen LogP contribution >= 0.6 is 22.6 Å². The molecule has 1 atom stereocenters. The zero-order valence-corrected chi connectivity index (χ0v) is 21.5. The van der Waals surface area contributed by atoms with E-state index in [1.165, 1.54) is 0 Å². The predicted octanol–water partition coefficient (Wildman–Crippen LogP) is 4.75. The van der Waals surface area contributed by atoms with Crippen LogP contribution < -0.4 is 21.7 Å². The lowest BCUT2D eigenvalue weighted by molar-refractivity contribution is -0.136. The number of carbonyl (C=O) groups is 1. The van der Waals surface area contributed by atoms with Crippen LogP contribution in [0.1, 0.15) is 51.2 Å². The lowest BCUT2D eigenvalue weighted by Gasteiger charge is -2.34. The highest BCUT2D eigenvalue weighted by molar-refractivity contribution is 14.1. The highest BCUT2D eigenvalue weighted by atomic mass is 127. The van der Waals surface area contributed by atoms with Crippen LogP contribution in [-0.2, 0) is 11.3 Å². The van der Waals surface area contributed by atoms with Crippen molar-refractivity contribution in [2.24, 2.45) is 5.92 Å². The monoisotopic (exact) mass is 547 g/mol. The Balaban J connectivity index is 1.85. The molecular weight excluding hydrogens is 513 g/mol. The molecule has 4 N–H and O–H groups in total. The maximum Gasteiger partial charge on any atom is 0.224 e. The topological polar surface area (TPSA) is 68.4 Å². The zero-order chi connectivity index (χ0) is 23.1. The number of nitrogens with one attached hydrogen (secondary N) is 4. The average Bonchev–Trinajstić information content (AvgIpc) is 3.23. The molecule has 0 saturated carbocycles. The Morgan fingerprint density at radius 1 is 1.06 bits per heavy atom. The molecule has 6 nitrogen and oxygen atoms in total. The molecule has 0 fully saturated rings. The normalized spacial score (nSPS) is 14.3. The van der Waals surface area contributed by atoms with Gasteiger partial charge in [0.25, 0.3) is 0 Å². The van der Waals surface area contributed by atoms with Crippen LogP contribution in [0.5, 0.6) is 0 Å². The Morgan fingerprint density at radius 3 is 2.31 bits per heavy atom. The molecule has 7 heteroatoms. The first-order valence-corrected chi connectivity index (χ1v) is 12.4. The van der Waals surface area contributed by atoms with E-state index in [-0.39, 0.29) is 12.1 Å². The van der Waals surface area contributed by atoms with Crippen molar-refractivity contribution in [3.63, 3.8) is 0 Å². The maximum absolute atomic E-state index is 13.0. The molecule has 0 radical (unpaired) electrons. The average molecular weight is 547 g/mol. The van der Waals surface area contributed by atoms with E-state index in [0.29, 0.717) is 18.9 Å². The summed E-state index contributed by atoms with van der Waals surface area (Å²) in [7, 11) is 1.93. The third-order valence-electron chi connectivity index (χ3n) is 5.72. The summed E-state index contributed by atoms with van der Waals surface area (Å²) in [5.74, 6) is 0.539. The van der Waals surface area contributed by atoms with Crippen molar-refractivity contribution in [3.05, 3.63) is 63.4 Å². The van der Waals surface area contributed by atoms with Crippen molar-refractivity contribution >= 4 is 34.2 Å². The number of rotatable bonds is 10. The summed E-state index contributed by atoms with van der Waals surface area (Å²) in [6.45, 7) is 7.03. The highest BCUT2D eigenvalue weighted by Crippen LogP contribution is 2.31. The molecule has 0 unspecified atom stereocenters. The first-order valence-electron chi connectivity index (χ1n) is 11.3. The standard InChI is InChI=1S/C25H34IN5O/c1-5-6-11-22(32)31(25(27-4)17(2)3)16-18-12-14-19(15-13-18)20-9-7-8-10-21(20)23-24(26)29-30-28-23/h7-10,12-15,17,25,27-30H,5-6,11,16H2,1-4H3/t25-/m0/s1. The lowest BCUT2D eigenvalue weighted by Crippen LogP contribution is -2.50. The summed E-state index contributed by atoms with van der Waals surface area (Å²) in [5, 5.41) is 3.34. The number of hydrogen-bond acceptors (Lipinski definition) is 5. The van der Waals surface area contributed by atoms with Crippen LogP contribution in [0.4, 0.5) is 0 Å². The SMILES string of the molecule is CCCCC(=O)N(Cc1ccc(-c2ccccc2C2=C(I)NNN2)cc1)[C@H](NC)C(C)C. The molecule has 32 heavy (non-hydrogen) atoms. The molecule has 1 heterocycles. The van der Waals surface area contributed by atoms with Crippen molar-refractivity contribution in [2.75, 3.05) is 7.05 Å². The quantitative estimate of drug-likeness (QED) is 0.197. The van der Waals surface area contributed by atoms with Crippen LogP contribution in [0.25, 0.3) is 16.8 Å². The summed E-state index contributed by atoms with van der Waals surface area (Å²) in [4.78, 5) is 15.0. The van der Waals surface area contributed by atoms with Gasteiger partial charge < -0.3 is 15.6 Å². The minimum atomic E-state index is 0.0159. The van der Waals surface area contributed by atoms with Crippen LogP contribution in [0.15, 0.2) is 52.2 Å². The van der Waals surface area contributed by atoms with Gasteiger partial charge in [-0.25, -0.2) is 0 Å². The van der Waals surface area contributed by atoms with E-state index in [0.717, 1.165) is 44.5 Å². The van der Waals surface area contributed by atoms with E-state index in [2.05, 4.69) is 108 Å². The van der Waals surface area contributed by atoms with Gasteiger partial charge in [-0.2, -0.15) is 0 Å². The first kappa shape index (κ1) is 24.5. The molecule has 2 aromatic carbocycles. The molecular formula is C25H34IN5O. The van der Waals surface area contributed by atoms with E-state index < -0.39 is 0 Å². The minimum Gasteiger partial charge on any atom is -0.323 e. The van der Waals surface area contributed by atoms with Gasteiger partial charge in [0.15, 0.2) is 0 Å². The fraction of sp³-hybridized carbons (Fsp3) is 0.400. The second kappa shape index (κ2) is 11.7. The molecule has 0 bridgehead atoms. The van der Waals surface area contributed by atoms with Crippen molar-refractivity contribution in [1.82, 2.24) is 26.6 Å². The smallest absolute Gasteiger partial charge is 0.224 e. The van der Waals surface area contributed by atoms with Gasteiger partial charge in [0.1, 0.15) is 3.70 Å². The molecule has 3 rings (SSSR count). The van der Waals surface area contributed by atoms with Gasteiger partial charge in [0.2, 0.25) is 5.91 Å². The fourth-order valence-electron chi connectivity index (χ4n) is 4.05. The van der Waals surface area contributed by atoms with Crippen molar-refractivity contribution in [1.29, 1.82) is 0 Å². The second-order valence-electron chi connectivity index (χ2n) is 8.41. The van der Waals surface area contributed by atoms with E-state index in [9.17, 15) is 4.79 Å². The van der Waals surface area contributed by atoms with Gasteiger partial charge in [-0.3, -0.25) is 10.2 Å². The number of nitrogens with zero attached hydrogens (tertiary/aromatic N) is 1. The van der Waals surface area contributed by atoms with Gasteiger partial charge in [0.05, 0.1) is 11.9 Å². The Kier molecular flexibility index (Phi) is 8.95. The summed E-state index contributed by atoms with van der Waals surface area (Å²) in [5.41, 5.74) is 14.8. The molecule has 0 aliphatic carbocycles. The van der Waals surface area contributed by atoms with E-state index in [4.69, 9.17) is 0 Å². The third-order valence-corrected chi connectivity index (χ3v) is 6.53. The number of halogens is 1. The Hall–Kier alpha value is -2.10. The van der Waals surface area contributed by atoms with Crippen LogP contribution in [0.3, 0.4) is 0 Å². The van der Waals surface area contributed by atoms with E-state index in [1.807, 2.05) is 18.0 Å². The number of hydrogen-bond donors (Lipinski definition) is 4. The summed E-state index contributed by atoms with van der Waals surface area (Å²) < 4.78 is 1.03. The zero-order valence-electron chi connectivity index (χ0n) is 19.3. The largest absolute Gasteiger partial charge is 0.323 e. The molecule has 0 saturated heterocycles. The van der Waals surface area contributed by atoms with Gasteiger partial charge in [-0.15, -0.1) is 5.53 Å². The maximum atomic E-state index is 13.0. The highest BCUT2D eigenvalue weighted by Gasteiger charge is 2.25. The number of amides is 1. The van der Waals surface area contributed by atoms with Crippen molar-refractivity contribution in [3.8, 4) is 11.1 Å². The number of carbonyl (C=O) groups excluding carboxylic acids is 1. The fourth-order valence-corrected chi connectivity index (χ4v) is 4.61. The molecule has 0 aromatic heterocycles. The Morgan fingerprint density at radius 2 is 1.75 bits per heavy atom. The van der Waals surface area contributed by atoms with Crippen LogP contribution in [0, 0.1) is 5.92 Å². The van der Waals surface area contributed by atoms with Gasteiger partial charge >= 0.3 is 0 Å². The van der Waals surface area contributed by atoms with Crippen LogP contribution in [-0.4, -0.2) is 24.0 Å². The number of hydrazine groups is 2. The lowest BCUT2D eigenvalue weighted by atomic mass is 9.97. The van der Waals surface area contributed by atoms with Crippen LogP contribution in [0.2, 0.25) is 0 Å². The third kappa shape index (κ3) is 5.82. The number of unbranched alkanes of at least 4 members (excludes halogenated alkanes) is 1. The van der Waals surface area contributed by atoms with Gasteiger partial charge in [-0.05, 0) is 58.7 Å². The molecule has 172 valence electrons. The van der Waals surface area contributed by atoms with Crippen molar-refractivity contribution in [2.45, 2.75) is 52.7 Å². The summed E-state index contributed by atoms with van der Waals surface area (Å²) in [6, 6.07) is 16.9. The van der Waals surface area contributed by atoms with E-state index >= 15 is 0 Å². The summed E-state index contributed by atoms with van der Waals surface area (Å²) in [6.07, 6.45) is 2.55. The number of benzene rings is 2. The second-order valence-corrected chi connectivity index (χ2v) is 9.49. The Bertz CT molecular complexity index is 942. The Labute approximate surface area is 205 Å². The van der Waals surface area contributed by atoms with E-state index in [1.54, 1.807) is 0 Å². The molecule has 0 spiro atoms. The summed E-state index contributed by atoms with van der Waals surface area (Å²) >= 11 is 2.28. The van der Waals surface area contributed by atoms with Crippen molar-refractivity contribution < 1.29 is 4.79 Å². The predicted molar refractivity (Wildman–Crippen MR) is 140 cm³/mol. The first-order chi connectivity index (χ1) is 15.5. The minimum absolute atomic E-state index is 0.0159. The molecule has 1 amide bonds. The van der Waals surface area contributed by atoms with Gasteiger partial charge in [0, 0.05) is 18.5 Å².